The Hall–Kier alpha value is -0.530. The van der Waals surface area contributed by atoms with Crippen molar-refractivity contribution in [3.05, 3.63) is 29.8 Å². The molecule has 16 heavy (non-hydrogen) atoms. The molecule has 5 nitrogen and oxygen atoms in total. The minimum atomic E-state index is -4.28. The third kappa shape index (κ3) is 6.14. The molecule has 82 valence electrons. The van der Waals surface area contributed by atoms with Crippen molar-refractivity contribution in [2.75, 3.05) is 0 Å². The van der Waals surface area contributed by atoms with E-state index in [1.165, 1.54) is 24.3 Å². The van der Waals surface area contributed by atoms with Crippen LogP contribution >= 0.6 is 0 Å². The predicted octanol–water partition coefficient (Wildman–Crippen LogP) is 0.447. The van der Waals surface area contributed by atoms with Crippen molar-refractivity contribution in [2.24, 2.45) is 0 Å². The number of hydrogen-bond acceptors (Lipinski definition) is 4. The Morgan fingerprint density at radius 1 is 1.38 bits per heavy atom. The van der Waals surface area contributed by atoms with Gasteiger partial charge in [-0.3, -0.25) is 9.35 Å². The van der Waals surface area contributed by atoms with Gasteiger partial charge in [-0.25, -0.2) is 0 Å². The van der Waals surface area contributed by atoms with E-state index < -0.39 is 10.1 Å². The first-order chi connectivity index (χ1) is 7.29. The Balaban J connectivity index is 0.000000487. The van der Waals surface area contributed by atoms with Crippen LogP contribution in [0, 0.1) is 0 Å². The Morgan fingerprint density at radius 3 is 2.12 bits per heavy atom. The van der Waals surface area contributed by atoms with Gasteiger partial charge >= 0.3 is 42.7 Å². The molecule has 0 radical (unpaired) electrons. The van der Waals surface area contributed by atoms with Crippen LogP contribution in [0.4, 0.5) is 0 Å². The summed E-state index contributed by atoms with van der Waals surface area (Å²) in [5, 5.41) is 0. The van der Waals surface area contributed by atoms with Crippen molar-refractivity contribution in [2.45, 2.75) is 11.8 Å². The van der Waals surface area contributed by atoms with Gasteiger partial charge in [0.25, 0.3) is 10.1 Å². The first kappa shape index (κ1) is 15.5. The van der Waals surface area contributed by atoms with Gasteiger partial charge in [0.2, 0.25) is 0 Å². The normalized spacial score (nSPS) is 10.0. The summed E-state index contributed by atoms with van der Waals surface area (Å²) in [5.74, 6) is 0. The molecule has 0 amide bonds. The standard InChI is InChI=1S/C7H6O4S.C2H3O.Na/c8-5-6-3-1-2-4-7(6)12(9,10)11;1-2-3;/h1-5H,(H,9,10,11);1H3;. The number of hydrogen-bond donors (Lipinski definition) is 1. The van der Waals surface area contributed by atoms with Crippen LogP contribution in [0.1, 0.15) is 17.3 Å². The molecule has 1 aromatic rings. The maximum Gasteiger partial charge on any atom is 0.295 e. The van der Waals surface area contributed by atoms with Crippen molar-refractivity contribution in [3.63, 3.8) is 0 Å². The predicted molar refractivity (Wildman–Crippen MR) is 58.1 cm³/mol. The van der Waals surface area contributed by atoms with E-state index in [0.29, 0.717) is 37.2 Å². The fourth-order valence-corrected chi connectivity index (χ4v) is 1.48. The molecule has 0 saturated carbocycles. The molecule has 0 atom stereocenters. The Bertz CT molecular complexity index is 476. The number of benzene rings is 1. The summed E-state index contributed by atoms with van der Waals surface area (Å²) < 4.78 is 30.1. The van der Waals surface area contributed by atoms with Gasteiger partial charge in [-0.15, -0.1) is 0 Å². The molecular formula is C9H9NaO5S. The van der Waals surface area contributed by atoms with Crippen LogP contribution in [0.15, 0.2) is 29.2 Å². The Kier molecular flexibility index (Phi) is 6.70. The van der Waals surface area contributed by atoms with Crippen molar-refractivity contribution in [1.82, 2.24) is 0 Å². The molecule has 0 saturated heterocycles. The summed E-state index contributed by atoms with van der Waals surface area (Å²) in [6.45, 7) is 1.59. The molecule has 0 aliphatic carbocycles. The van der Waals surface area contributed by atoms with E-state index in [4.69, 9.17) is 4.55 Å². The van der Waals surface area contributed by atoms with Crippen LogP contribution in [-0.2, 0) is 14.9 Å². The van der Waals surface area contributed by atoms with Gasteiger partial charge in [-0.2, -0.15) is 8.42 Å². The number of carbonyl (C=O) groups excluding carboxylic acids is 2. The van der Waals surface area contributed by atoms with E-state index in [1.807, 2.05) is 0 Å². The van der Waals surface area contributed by atoms with E-state index in [2.05, 4.69) is 0 Å². The molecule has 0 aromatic heterocycles. The van der Waals surface area contributed by atoms with Gasteiger partial charge in [0.1, 0.15) is 4.90 Å². The average molecular weight is 252 g/mol. The van der Waals surface area contributed by atoms with Gasteiger partial charge in [0.15, 0.2) is 6.29 Å². The van der Waals surface area contributed by atoms with Crippen LogP contribution in [-0.4, -0.2) is 50.2 Å². The maximum atomic E-state index is 10.6. The smallest absolute Gasteiger partial charge is 0.295 e. The first-order valence-corrected chi connectivity index (χ1v) is 6.72. The molecule has 1 aromatic carbocycles. The molecule has 7 heteroatoms. The quantitative estimate of drug-likeness (QED) is 0.469. The molecule has 0 bridgehead atoms. The van der Waals surface area contributed by atoms with Crippen LogP contribution in [0.3, 0.4) is 0 Å². The van der Waals surface area contributed by atoms with Crippen molar-refractivity contribution in [1.29, 1.82) is 0 Å². The zero-order chi connectivity index (χ0) is 12.8. The largest absolute Gasteiger partial charge is 0.298 e. The zero-order valence-corrected chi connectivity index (χ0v) is 11.7. The van der Waals surface area contributed by atoms with E-state index >= 15 is 0 Å². The van der Waals surface area contributed by atoms with Crippen LogP contribution < -0.4 is 0 Å². The third-order valence-electron chi connectivity index (χ3n) is 1.32. The number of rotatable bonds is 2. The van der Waals surface area contributed by atoms with E-state index in [0.717, 1.165) is 0 Å². The molecule has 0 aliphatic heterocycles. The van der Waals surface area contributed by atoms with Gasteiger partial charge in [-0.1, -0.05) is 18.2 Å². The van der Waals surface area contributed by atoms with Crippen LogP contribution in [0.2, 0.25) is 0 Å². The summed E-state index contributed by atoms with van der Waals surface area (Å²) in [4.78, 5) is 19.4. The van der Waals surface area contributed by atoms with E-state index in [1.54, 1.807) is 6.92 Å². The average Bonchev–Trinajstić information content (AvgIpc) is 2.15. The molecule has 0 unspecified atom stereocenters. The van der Waals surface area contributed by atoms with E-state index in [-0.39, 0.29) is 10.5 Å². The van der Waals surface area contributed by atoms with E-state index in [9.17, 15) is 18.0 Å². The topological polar surface area (TPSA) is 88.5 Å². The molecule has 0 spiro atoms. The van der Waals surface area contributed by atoms with Gasteiger partial charge in [0.05, 0.1) is 0 Å². The molecule has 1 rings (SSSR count). The minimum Gasteiger partial charge on any atom is -0.298 e. The summed E-state index contributed by atoms with van der Waals surface area (Å²) in [6.07, 6.45) is 0.378. The Morgan fingerprint density at radius 2 is 1.81 bits per heavy atom. The fraction of sp³-hybridized carbons (Fsp3) is 0.111. The molecule has 0 aliphatic rings. The molecule has 0 fully saturated rings. The molecule has 1 N–H and O–H groups in total. The summed E-state index contributed by atoms with van der Waals surface area (Å²) in [7, 11) is -4.28. The minimum absolute atomic E-state index is 0.0417. The Labute approximate surface area is 111 Å². The summed E-state index contributed by atoms with van der Waals surface area (Å²) >= 11 is 0.710. The van der Waals surface area contributed by atoms with Crippen molar-refractivity contribution >= 4 is 47.4 Å². The zero-order valence-electron chi connectivity index (χ0n) is 8.88. The SMILES string of the molecule is C[C](=O)[Na].O=Cc1ccccc1S(=O)(=O)O. The number of aldehydes is 1. The second-order valence-corrected chi connectivity index (χ2v) is 5.84. The second-order valence-electron chi connectivity index (χ2n) is 3.04. The fourth-order valence-electron chi connectivity index (χ4n) is 0.813. The van der Waals surface area contributed by atoms with Gasteiger partial charge < -0.3 is 0 Å². The van der Waals surface area contributed by atoms with Crippen LogP contribution in [0.25, 0.3) is 0 Å². The van der Waals surface area contributed by atoms with Crippen molar-refractivity contribution in [3.8, 4) is 0 Å². The third-order valence-corrected chi connectivity index (χ3v) is 2.25. The molecule has 0 heterocycles. The maximum absolute atomic E-state index is 10.6. The summed E-state index contributed by atoms with van der Waals surface area (Å²) in [5.41, 5.74) is -0.0417. The summed E-state index contributed by atoms with van der Waals surface area (Å²) in [6, 6.07) is 5.42. The monoisotopic (exact) mass is 252 g/mol. The van der Waals surface area contributed by atoms with Gasteiger partial charge in [-0.05, 0) is 6.07 Å². The van der Waals surface area contributed by atoms with Crippen LogP contribution in [0.5, 0.6) is 0 Å². The van der Waals surface area contributed by atoms with Gasteiger partial charge in [0, 0.05) is 5.56 Å². The van der Waals surface area contributed by atoms with Crippen molar-refractivity contribution < 1.29 is 22.6 Å². The first-order valence-electron chi connectivity index (χ1n) is 4.28. The second kappa shape index (κ2) is 6.93. The molecular weight excluding hydrogens is 243 g/mol. The number of carbonyl (C=O) groups is 2.